The average Bonchev–Trinajstić information content (AvgIpc) is 3.14. The van der Waals surface area contributed by atoms with Crippen LogP contribution in [0.25, 0.3) is 16.7 Å². The monoisotopic (exact) mass is 373 g/mol. The molecule has 2 aromatic heterocycles. The van der Waals surface area contributed by atoms with Crippen LogP contribution in [-0.2, 0) is 0 Å². The molecule has 4 rings (SSSR count). The SMILES string of the molecule is CCOc1ccc2ccccc2c1C(=O)Nc1cnc(-n2ccnc2C)nc1. The number of anilines is 1. The average molecular weight is 373 g/mol. The van der Waals surface area contributed by atoms with Crippen LogP contribution < -0.4 is 10.1 Å². The molecule has 4 aromatic rings. The van der Waals surface area contributed by atoms with Crippen molar-refractivity contribution in [1.29, 1.82) is 0 Å². The fourth-order valence-electron chi connectivity index (χ4n) is 3.05. The summed E-state index contributed by atoms with van der Waals surface area (Å²) in [5, 5.41) is 4.67. The highest BCUT2D eigenvalue weighted by molar-refractivity contribution is 6.14. The number of carbonyl (C=O) groups excluding carboxylic acids is 1. The summed E-state index contributed by atoms with van der Waals surface area (Å²) in [4.78, 5) is 25.8. The molecule has 0 fully saturated rings. The Morgan fingerprint density at radius 3 is 2.61 bits per heavy atom. The number of carbonyl (C=O) groups is 1. The minimum atomic E-state index is -0.268. The maximum absolute atomic E-state index is 13.0. The summed E-state index contributed by atoms with van der Waals surface area (Å²) < 4.78 is 7.45. The second-order valence-electron chi connectivity index (χ2n) is 6.16. The van der Waals surface area contributed by atoms with Crippen LogP contribution in [-0.4, -0.2) is 32.0 Å². The van der Waals surface area contributed by atoms with Gasteiger partial charge in [0.1, 0.15) is 11.6 Å². The van der Waals surface area contributed by atoms with Gasteiger partial charge in [0.25, 0.3) is 5.91 Å². The molecule has 7 nitrogen and oxygen atoms in total. The number of benzene rings is 2. The van der Waals surface area contributed by atoms with E-state index in [1.165, 1.54) is 0 Å². The van der Waals surface area contributed by atoms with Crippen LogP contribution >= 0.6 is 0 Å². The van der Waals surface area contributed by atoms with Crippen LogP contribution in [0.4, 0.5) is 5.69 Å². The van der Waals surface area contributed by atoms with Gasteiger partial charge in [0, 0.05) is 12.4 Å². The molecule has 1 N–H and O–H groups in total. The van der Waals surface area contributed by atoms with E-state index in [4.69, 9.17) is 4.74 Å². The number of aromatic nitrogens is 4. The van der Waals surface area contributed by atoms with Crippen LogP contribution in [0.15, 0.2) is 61.2 Å². The molecule has 0 radical (unpaired) electrons. The van der Waals surface area contributed by atoms with E-state index >= 15 is 0 Å². The van der Waals surface area contributed by atoms with E-state index in [1.807, 2.05) is 50.2 Å². The second-order valence-corrected chi connectivity index (χ2v) is 6.16. The van der Waals surface area contributed by atoms with Gasteiger partial charge in [-0.05, 0) is 30.7 Å². The molecule has 0 atom stereocenters. The van der Waals surface area contributed by atoms with Crippen LogP contribution in [0.2, 0.25) is 0 Å². The van der Waals surface area contributed by atoms with Gasteiger partial charge in [0.15, 0.2) is 0 Å². The third-order valence-corrected chi connectivity index (χ3v) is 4.35. The normalized spacial score (nSPS) is 10.8. The summed E-state index contributed by atoms with van der Waals surface area (Å²) in [6.07, 6.45) is 6.62. The van der Waals surface area contributed by atoms with Crippen molar-refractivity contribution in [2.24, 2.45) is 0 Å². The quantitative estimate of drug-likeness (QED) is 0.576. The van der Waals surface area contributed by atoms with E-state index in [0.29, 0.717) is 29.6 Å². The Morgan fingerprint density at radius 2 is 1.89 bits per heavy atom. The number of nitrogens with one attached hydrogen (secondary N) is 1. The number of imidazole rings is 1. The number of amides is 1. The van der Waals surface area contributed by atoms with E-state index in [0.717, 1.165) is 16.6 Å². The molecule has 2 heterocycles. The molecule has 1 amide bonds. The Balaban J connectivity index is 1.65. The highest BCUT2D eigenvalue weighted by Crippen LogP contribution is 2.29. The zero-order chi connectivity index (χ0) is 19.5. The van der Waals surface area contributed by atoms with E-state index in [2.05, 4.69) is 20.3 Å². The lowest BCUT2D eigenvalue weighted by Gasteiger charge is -2.13. The van der Waals surface area contributed by atoms with Crippen molar-refractivity contribution >= 4 is 22.4 Å². The highest BCUT2D eigenvalue weighted by Gasteiger charge is 2.17. The van der Waals surface area contributed by atoms with Gasteiger partial charge in [0.05, 0.1) is 30.3 Å². The molecule has 140 valence electrons. The molecular weight excluding hydrogens is 354 g/mol. The van der Waals surface area contributed by atoms with Crippen molar-refractivity contribution in [3.63, 3.8) is 0 Å². The molecule has 0 unspecified atom stereocenters. The summed E-state index contributed by atoms with van der Waals surface area (Å²) in [5.74, 6) is 1.56. The molecule has 28 heavy (non-hydrogen) atoms. The number of nitrogens with zero attached hydrogens (tertiary/aromatic N) is 4. The van der Waals surface area contributed by atoms with Gasteiger partial charge in [-0.15, -0.1) is 0 Å². The Kier molecular flexibility index (Phi) is 4.72. The fourth-order valence-corrected chi connectivity index (χ4v) is 3.05. The van der Waals surface area contributed by atoms with Gasteiger partial charge in [-0.2, -0.15) is 0 Å². The van der Waals surface area contributed by atoms with Gasteiger partial charge in [-0.3, -0.25) is 9.36 Å². The van der Waals surface area contributed by atoms with Crippen molar-refractivity contribution in [1.82, 2.24) is 19.5 Å². The van der Waals surface area contributed by atoms with E-state index in [1.54, 1.807) is 29.4 Å². The first-order valence-electron chi connectivity index (χ1n) is 8.95. The minimum absolute atomic E-state index is 0.268. The summed E-state index contributed by atoms with van der Waals surface area (Å²) in [5.41, 5.74) is 0.997. The summed E-state index contributed by atoms with van der Waals surface area (Å²) in [6.45, 7) is 4.23. The zero-order valence-electron chi connectivity index (χ0n) is 15.6. The smallest absolute Gasteiger partial charge is 0.260 e. The van der Waals surface area contributed by atoms with E-state index < -0.39 is 0 Å². The number of aryl methyl sites for hydroxylation is 1. The Hall–Kier alpha value is -3.74. The Bertz CT molecular complexity index is 1140. The number of ether oxygens (including phenoxy) is 1. The summed E-state index contributed by atoms with van der Waals surface area (Å²) in [6, 6.07) is 11.5. The van der Waals surface area contributed by atoms with Crippen molar-refractivity contribution in [3.8, 4) is 11.7 Å². The van der Waals surface area contributed by atoms with Crippen LogP contribution in [0.3, 0.4) is 0 Å². The summed E-state index contributed by atoms with van der Waals surface area (Å²) >= 11 is 0. The second kappa shape index (κ2) is 7.48. The van der Waals surface area contributed by atoms with Gasteiger partial charge in [0.2, 0.25) is 5.95 Å². The predicted molar refractivity (Wildman–Crippen MR) is 107 cm³/mol. The van der Waals surface area contributed by atoms with Gasteiger partial charge < -0.3 is 10.1 Å². The molecule has 0 saturated heterocycles. The molecule has 0 saturated carbocycles. The van der Waals surface area contributed by atoms with Crippen molar-refractivity contribution in [2.45, 2.75) is 13.8 Å². The molecule has 0 aliphatic rings. The maximum atomic E-state index is 13.0. The molecule has 2 aromatic carbocycles. The van der Waals surface area contributed by atoms with E-state index in [9.17, 15) is 4.79 Å². The van der Waals surface area contributed by atoms with Crippen molar-refractivity contribution < 1.29 is 9.53 Å². The number of fused-ring (bicyclic) bond motifs is 1. The first-order valence-corrected chi connectivity index (χ1v) is 8.95. The first-order chi connectivity index (χ1) is 13.7. The van der Waals surface area contributed by atoms with Crippen molar-refractivity contribution in [3.05, 3.63) is 72.6 Å². The first kappa shape index (κ1) is 17.7. The maximum Gasteiger partial charge on any atom is 0.260 e. The standard InChI is InChI=1S/C21H19N5O2/c1-3-28-18-9-8-15-6-4-5-7-17(15)19(18)20(27)25-16-12-23-21(24-13-16)26-11-10-22-14(26)2/h4-13H,3H2,1-2H3,(H,25,27). The predicted octanol–water partition coefficient (Wildman–Crippen LogP) is 3.77. The molecule has 0 aliphatic carbocycles. The fraction of sp³-hybridized carbons (Fsp3) is 0.143. The van der Waals surface area contributed by atoms with Crippen molar-refractivity contribution in [2.75, 3.05) is 11.9 Å². The number of rotatable bonds is 5. The van der Waals surface area contributed by atoms with Crippen LogP contribution in [0, 0.1) is 6.92 Å². The largest absolute Gasteiger partial charge is 0.493 e. The topological polar surface area (TPSA) is 81.9 Å². The van der Waals surface area contributed by atoms with Crippen LogP contribution in [0.5, 0.6) is 5.75 Å². The minimum Gasteiger partial charge on any atom is -0.493 e. The third-order valence-electron chi connectivity index (χ3n) is 4.35. The van der Waals surface area contributed by atoms with Gasteiger partial charge in [-0.1, -0.05) is 30.3 Å². The number of hydrogen-bond donors (Lipinski definition) is 1. The molecule has 0 bridgehead atoms. The summed E-state index contributed by atoms with van der Waals surface area (Å²) in [7, 11) is 0. The molecule has 7 heteroatoms. The third kappa shape index (κ3) is 3.29. The zero-order valence-corrected chi connectivity index (χ0v) is 15.6. The molecule has 0 spiro atoms. The lowest BCUT2D eigenvalue weighted by Crippen LogP contribution is -2.15. The van der Waals surface area contributed by atoms with Crippen LogP contribution in [0.1, 0.15) is 23.1 Å². The lowest BCUT2D eigenvalue weighted by atomic mass is 10.0. The lowest BCUT2D eigenvalue weighted by molar-refractivity contribution is 0.102. The highest BCUT2D eigenvalue weighted by atomic mass is 16.5. The molecule has 0 aliphatic heterocycles. The van der Waals surface area contributed by atoms with Gasteiger partial charge >= 0.3 is 0 Å². The Labute approximate surface area is 162 Å². The van der Waals surface area contributed by atoms with Gasteiger partial charge in [-0.25, -0.2) is 15.0 Å². The Morgan fingerprint density at radius 1 is 1.11 bits per heavy atom. The number of hydrogen-bond acceptors (Lipinski definition) is 5. The van der Waals surface area contributed by atoms with E-state index in [-0.39, 0.29) is 5.91 Å². The molecular formula is C21H19N5O2.